The minimum Gasteiger partial charge on any atom is -0.311 e. The van der Waals surface area contributed by atoms with E-state index in [4.69, 9.17) is 0 Å². The number of hydrogen-bond donors (Lipinski definition) is 1. The van der Waals surface area contributed by atoms with Crippen LogP contribution in [-0.4, -0.2) is 47.9 Å². The Bertz CT molecular complexity index is 263. The molecule has 1 heterocycles. The zero-order chi connectivity index (χ0) is 14.0. The smallest absolute Gasteiger partial charge is 0.311 e. The lowest BCUT2D eigenvalue weighted by atomic mass is 9.84. The number of nitrogens with zero attached hydrogens (tertiary/aromatic N) is 1. The van der Waals surface area contributed by atoms with Crippen LogP contribution in [0.2, 0.25) is 0 Å². The predicted octanol–water partition coefficient (Wildman–Crippen LogP) is 2.95. The lowest BCUT2D eigenvalue weighted by Crippen LogP contribution is -2.60. The summed E-state index contributed by atoms with van der Waals surface area (Å²) in [5.41, 5.74) is -4.03. The van der Waals surface area contributed by atoms with Crippen LogP contribution >= 0.6 is 11.8 Å². The molecule has 0 radical (unpaired) electrons. The second-order valence-electron chi connectivity index (χ2n) is 5.98. The number of rotatable bonds is 3. The van der Waals surface area contributed by atoms with Crippen LogP contribution in [-0.2, 0) is 0 Å². The largest absolute Gasteiger partial charge is 0.441 e. The van der Waals surface area contributed by atoms with Gasteiger partial charge >= 0.3 is 5.51 Å². The zero-order valence-corrected chi connectivity index (χ0v) is 12.3. The van der Waals surface area contributed by atoms with E-state index in [1.807, 2.05) is 0 Å². The van der Waals surface area contributed by atoms with Gasteiger partial charge in [0.15, 0.2) is 0 Å². The van der Waals surface area contributed by atoms with E-state index in [9.17, 15) is 13.2 Å². The minimum atomic E-state index is -4.11. The van der Waals surface area contributed by atoms with Crippen LogP contribution < -0.4 is 5.32 Å². The molecule has 1 saturated heterocycles. The van der Waals surface area contributed by atoms with Crippen LogP contribution in [0.1, 0.15) is 27.7 Å². The third kappa shape index (κ3) is 5.36. The highest BCUT2D eigenvalue weighted by Crippen LogP contribution is 2.31. The highest BCUT2D eigenvalue weighted by atomic mass is 32.2. The van der Waals surface area contributed by atoms with Gasteiger partial charge in [-0.15, -0.1) is 0 Å². The number of nitrogens with one attached hydrogen (secondary N) is 1. The zero-order valence-electron chi connectivity index (χ0n) is 11.5. The lowest BCUT2D eigenvalue weighted by molar-refractivity contribution is -0.0330. The van der Waals surface area contributed by atoms with Crippen molar-refractivity contribution in [2.45, 2.75) is 45.3 Å². The van der Waals surface area contributed by atoms with Crippen molar-refractivity contribution in [2.24, 2.45) is 5.41 Å². The molecule has 6 heteroatoms. The van der Waals surface area contributed by atoms with Crippen molar-refractivity contribution in [2.75, 3.05) is 25.4 Å². The fourth-order valence-corrected chi connectivity index (χ4v) is 2.92. The number of thioether (sulfide) groups is 1. The van der Waals surface area contributed by atoms with Gasteiger partial charge in [0.25, 0.3) is 0 Å². The van der Waals surface area contributed by atoms with Gasteiger partial charge < -0.3 is 5.32 Å². The molecule has 2 nitrogen and oxygen atoms in total. The molecule has 2 atom stereocenters. The van der Waals surface area contributed by atoms with E-state index in [0.29, 0.717) is 18.6 Å². The molecule has 0 saturated carbocycles. The van der Waals surface area contributed by atoms with E-state index in [0.717, 1.165) is 13.1 Å². The van der Waals surface area contributed by atoms with Gasteiger partial charge in [-0.1, -0.05) is 20.8 Å². The molecule has 0 spiro atoms. The summed E-state index contributed by atoms with van der Waals surface area (Å²) in [6, 6.07) is 0.641. The first-order chi connectivity index (χ1) is 8.09. The molecule has 108 valence electrons. The number of alkyl halides is 3. The quantitative estimate of drug-likeness (QED) is 0.858. The summed E-state index contributed by atoms with van der Waals surface area (Å²) in [7, 11) is 0. The summed E-state index contributed by atoms with van der Waals surface area (Å²) in [5.74, 6) is 0.114. The topological polar surface area (TPSA) is 15.3 Å². The van der Waals surface area contributed by atoms with Gasteiger partial charge in [0, 0.05) is 37.5 Å². The molecule has 0 aliphatic carbocycles. The summed E-state index contributed by atoms with van der Waals surface area (Å²) in [6.45, 7) is 10.7. The number of hydrogen-bond acceptors (Lipinski definition) is 3. The van der Waals surface area contributed by atoms with E-state index in [-0.39, 0.29) is 22.9 Å². The van der Waals surface area contributed by atoms with Crippen molar-refractivity contribution in [3.8, 4) is 0 Å². The Morgan fingerprint density at radius 3 is 2.39 bits per heavy atom. The van der Waals surface area contributed by atoms with Gasteiger partial charge in [-0.25, -0.2) is 0 Å². The molecule has 1 fully saturated rings. The first-order valence-corrected chi connectivity index (χ1v) is 7.26. The average molecular weight is 284 g/mol. The SMILES string of the molecule is CC1CN(CCSC(F)(F)F)C(C(C)(C)C)CN1. The van der Waals surface area contributed by atoms with E-state index < -0.39 is 5.51 Å². The first-order valence-electron chi connectivity index (χ1n) is 6.28. The molecule has 2 unspecified atom stereocenters. The molecular weight excluding hydrogens is 261 g/mol. The van der Waals surface area contributed by atoms with Crippen molar-refractivity contribution in [1.82, 2.24) is 10.2 Å². The van der Waals surface area contributed by atoms with Crippen LogP contribution in [0.5, 0.6) is 0 Å². The summed E-state index contributed by atoms with van der Waals surface area (Å²) < 4.78 is 36.4. The predicted molar refractivity (Wildman–Crippen MR) is 70.8 cm³/mol. The molecular formula is C12H23F3N2S. The molecule has 1 N–H and O–H groups in total. The molecule has 0 aromatic carbocycles. The van der Waals surface area contributed by atoms with Gasteiger partial charge in [0.05, 0.1) is 0 Å². The molecule has 0 aromatic rings. The van der Waals surface area contributed by atoms with Crippen molar-refractivity contribution in [1.29, 1.82) is 0 Å². The molecule has 0 aromatic heterocycles. The van der Waals surface area contributed by atoms with Gasteiger partial charge in [-0.05, 0) is 24.1 Å². The van der Waals surface area contributed by atoms with Crippen LogP contribution in [0.15, 0.2) is 0 Å². The van der Waals surface area contributed by atoms with Crippen LogP contribution in [0.3, 0.4) is 0 Å². The Balaban J connectivity index is 2.52. The van der Waals surface area contributed by atoms with E-state index in [1.165, 1.54) is 0 Å². The molecule has 18 heavy (non-hydrogen) atoms. The Morgan fingerprint density at radius 1 is 1.28 bits per heavy atom. The van der Waals surface area contributed by atoms with Crippen LogP contribution in [0, 0.1) is 5.41 Å². The van der Waals surface area contributed by atoms with E-state index in [2.05, 4.69) is 37.9 Å². The Hall–Kier alpha value is 0.0600. The van der Waals surface area contributed by atoms with E-state index >= 15 is 0 Å². The number of halogens is 3. The average Bonchev–Trinajstić information content (AvgIpc) is 2.13. The van der Waals surface area contributed by atoms with Crippen LogP contribution in [0.25, 0.3) is 0 Å². The fourth-order valence-electron chi connectivity index (χ4n) is 2.37. The van der Waals surface area contributed by atoms with Crippen LogP contribution in [0.4, 0.5) is 13.2 Å². The Labute approximate surface area is 112 Å². The third-order valence-electron chi connectivity index (χ3n) is 3.25. The molecule has 1 rings (SSSR count). The highest BCUT2D eigenvalue weighted by molar-refractivity contribution is 8.00. The molecule has 0 amide bonds. The standard InChI is InChI=1S/C12H23F3N2S/c1-9-8-17(5-6-18-12(13,14)15)10(7-16-9)11(2,3)4/h9-10,16H,5-8H2,1-4H3. The summed E-state index contributed by atoms with van der Waals surface area (Å²) in [5, 5.41) is 3.40. The van der Waals surface area contributed by atoms with Crippen molar-refractivity contribution in [3.05, 3.63) is 0 Å². The Morgan fingerprint density at radius 2 is 1.89 bits per heavy atom. The summed E-state index contributed by atoms with van der Waals surface area (Å²) in [4.78, 5) is 2.19. The van der Waals surface area contributed by atoms with Crippen molar-refractivity contribution >= 4 is 11.8 Å². The van der Waals surface area contributed by atoms with Gasteiger partial charge in [0.2, 0.25) is 0 Å². The highest BCUT2D eigenvalue weighted by Gasteiger charge is 2.35. The fraction of sp³-hybridized carbons (Fsp3) is 1.00. The molecule has 1 aliphatic rings. The maximum Gasteiger partial charge on any atom is 0.441 e. The van der Waals surface area contributed by atoms with Crippen molar-refractivity contribution in [3.63, 3.8) is 0 Å². The van der Waals surface area contributed by atoms with Gasteiger partial charge in [-0.2, -0.15) is 13.2 Å². The maximum atomic E-state index is 12.1. The van der Waals surface area contributed by atoms with Gasteiger partial charge in [0.1, 0.15) is 0 Å². The summed E-state index contributed by atoms with van der Waals surface area (Å²) in [6.07, 6.45) is 0. The monoisotopic (exact) mass is 284 g/mol. The van der Waals surface area contributed by atoms with Gasteiger partial charge in [-0.3, -0.25) is 4.90 Å². The van der Waals surface area contributed by atoms with Crippen molar-refractivity contribution < 1.29 is 13.2 Å². The number of piperazine rings is 1. The first kappa shape index (κ1) is 16.1. The van der Waals surface area contributed by atoms with E-state index in [1.54, 1.807) is 0 Å². The second kappa shape index (κ2) is 6.01. The molecule has 0 bridgehead atoms. The second-order valence-corrected chi connectivity index (χ2v) is 7.14. The summed E-state index contributed by atoms with van der Waals surface area (Å²) >= 11 is 0.0790. The normalized spacial score (nSPS) is 27.5. The molecule has 1 aliphatic heterocycles. The lowest BCUT2D eigenvalue weighted by Gasteiger charge is -2.45. The third-order valence-corrected chi connectivity index (χ3v) is 3.97. The minimum absolute atomic E-state index is 0.0790. The maximum absolute atomic E-state index is 12.1. The Kier molecular flexibility index (Phi) is 5.38.